The number of carbonyl (C=O) groups is 2. The first-order chi connectivity index (χ1) is 17.1. The fourth-order valence-corrected chi connectivity index (χ4v) is 4.72. The maximum absolute atomic E-state index is 14.6. The van der Waals surface area contributed by atoms with Crippen LogP contribution in [0.25, 0.3) is 5.65 Å². The zero-order chi connectivity index (χ0) is 23.9. The number of amides is 2. The number of hydrogen-bond acceptors (Lipinski definition) is 7. The number of fused-ring (bicyclic) bond motifs is 2. The molecule has 5 heterocycles. The maximum Gasteiger partial charge on any atom is 0.261 e. The predicted octanol–water partition coefficient (Wildman–Crippen LogP) is 1.76. The van der Waals surface area contributed by atoms with Crippen molar-refractivity contribution >= 4 is 28.8 Å². The van der Waals surface area contributed by atoms with Crippen LogP contribution >= 0.6 is 0 Å². The van der Waals surface area contributed by atoms with Crippen molar-refractivity contribution in [2.24, 2.45) is 5.92 Å². The van der Waals surface area contributed by atoms with E-state index in [4.69, 9.17) is 9.47 Å². The molecule has 0 spiro atoms. The average Bonchev–Trinajstić information content (AvgIpc) is 3.39. The lowest BCUT2D eigenvalue weighted by Gasteiger charge is -2.31. The van der Waals surface area contributed by atoms with E-state index in [1.54, 1.807) is 18.5 Å². The number of nitrogens with one attached hydrogen (secondary N) is 1. The van der Waals surface area contributed by atoms with Gasteiger partial charge in [-0.3, -0.25) is 9.59 Å². The molecule has 0 aliphatic carbocycles. The summed E-state index contributed by atoms with van der Waals surface area (Å²) in [4.78, 5) is 34.3. The monoisotopic (exact) mass is 480 g/mol. The Bertz CT molecular complexity index is 1290. The molecule has 0 saturated carbocycles. The molecule has 0 bridgehead atoms. The van der Waals surface area contributed by atoms with Gasteiger partial charge in [0.2, 0.25) is 0 Å². The minimum Gasteiger partial charge on any atom is -0.380 e. The van der Waals surface area contributed by atoms with Gasteiger partial charge in [-0.2, -0.15) is 5.10 Å². The van der Waals surface area contributed by atoms with Crippen LogP contribution in [0.1, 0.15) is 26.3 Å². The first-order valence-corrected chi connectivity index (χ1v) is 11.7. The number of halogens is 1. The van der Waals surface area contributed by atoms with Crippen molar-refractivity contribution in [3.8, 4) is 0 Å². The largest absolute Gasteiger partial charge is 0.380 e. The third-order valence-electron chi connectivity index (χ3n) is 6.79. The van der Waals surface area contributed by atoms with Gasteiger partial charge < -0.3 is 24.6 Å². The van der Waals surface area contributed by atoms with Crippen LogP contribution in [0.15, 0.2) is 36.8 Å². The Morgan fingerprint density at radius 1 is 1.23 bits per heavy atom. The SMILES string of the molecule is O=C(Nc1cc2c(cc1N1CCOCC1)C(=O)N(CC(F)C1COC1)C2)c1cnn2cccnc12. The number of nitrogens with zero attached hydrogens (tertiary/aromatic N) is 5. The van der Waals surface area contributed by atoms with Crippen LogP contribution in [-0.4, -0.2) is 83.5 Å². The topological polar surface area (TPSA) is 101 Å². The predicted molar refractivity (Wildman–Crippen MR) is 124 cm³/mol. The smallest absolute Gasteiger partial charge is 0.261 e. The quantitative estimate of drug-likeness (QED) is 0.574. The Kier molecular flexibility index (Phi) is 5.57. The molecule has 3 aromatic rings. The number of benzene rings is 1. The molecule has 2 fully saturated rings. The molecule has 3 aliphatic rings. The summed E-state index contributed by atoms with van der Waals surface area (Å²) in [5.41, 5.74) is 3.43. The number of ether oxygens (including phenoxy) is 2. The van der Waals surface area contributed by atoms with Crippen LogP contribution in [0.5, 0.6) is 0 Å². The van der Waals surface area contributed by atoms with Crippen molar-refractivity contribution in [2.45, 2.75) is 12.7 Å². The Morgan fingerprint density at radius 2 is 2.06 bits per heavy atom. The molecule has 2 saturated heterocycles. The second-order valence-electron chi connectivity index (χ2n) is 9.03. The molecule has 1 atom stereocenters. The number of carbonyl (C=O) groups excluding carboxylic acids is 2. The van der Waals surface area contributed by atoms with Crippen molar-refractivity contribution in [2.75, 3.05) is 56.3 Å². The standard InChI is InChI=1S/C24H25FN6O4/c25-19(16-13-35-14-16)12-30-11-15-8-20(21(9-17(15)24(30)33)29-4-6-34-7-5-29)28-23(32)18-10-27-31-3-1-2-26-22(18)31/h1-3,8-10,16,19H,4-7,11-14H2,(H,28,32). The van der Waals surface area contributed by atoms with Crippen LogP contribution in [-0.2, 0) is 16.0 Å². The molecular weight excluding hydrogens is 455 g/mol. The molecule has 182 valence electrons. The second-order valence-corrected chi connectivity index (χ2v) is 9.03. The molecule has 11 heteroatoms. The van der Waals surface area contributed by atoms with E-state index in [9.17, 15) is 14.0 Å². The summed E-state index contributed by atoms with van der Waals surface area (Å²) in [6, 6.07) is 5.38. The van der Waals surface area contributed by atoms with Gasteiger partial charge in [0.1, 0.15) is 11.7 Å². The third kappa shape index (κ3) is 4.00. The van der Waals surface area contributed by atoms with Crippen LogP contribution in [0.3, 0.4) is 0 Å². The normalized spacial score (nSPS) is 19.1. The van der Waals surface area contributed by atoms with Crippen LogP contribution in [0, 0.1) is 5.92 Å². The van der Waals surface area contributed by atoms with Crippen LogP contribution in [0.4, 0.5) is 15.8 Å². The lowest BCUT2D eigenvalue weighted by atomic mass is 10.0. The van der Waals surface area contributed by atoms with E-state index in [1.807, 2.05) is 12.1 Å². The van der Waals surface area contributed by atoms with Gasteiger partial charge in [-0.25, -0.2) is 13.9 Å². The first-order valence-electron chi connectivity index (χ1n) is 11.7. The fourth-order valence-electron chi connectivity index (χ4n) is 4.72. The van der Waals surface area contributed by atoms with Crippen molar-refractivity contribution in [3.05, 3.63) is 53.5 Å². The highest BCUT2D eigenvalue weighted by Crippen LogP contribution is 2.36. The molecule has 1 N–H and O–H groups in total. The third-order valence-corrected chi connectivity index (χ3v) is 6.79. The highest BCUT2D eigenvalue weighted by Gasteiger charge is 2.36. The van der Waals surface area contributed by atoms with E-state index in [-0.39, 0.29) is 24.3 Å². The number of rotatable bonds is 6. The fraction of sp³-hybridized carbons (Fsp3) is 0.417. The van der Waals surface area contributed by atoms with Gasteiger partial charge >= 0.3 is 0 Å². The molecule has 6 rings (SSSR count). The van der Waals surface area contributed by atoms with Gasteiger partial charge in [-0.05, 0) is 23.8 Å². The molecule has 3 aliphatic heterocycles. The summed E-state index contributed by atoms with van der Waals surface area (Å²) >= 11 is 0. The maximum atomic E-state index is 14.6. The molecule has 1 aromatic carbocycles. The van der Waals surface area contributed by atoms with Gasteiger partial charge in [0.15, 0.2) is 5.65 Å². The molecule has 1 unspecified atom stereocenters. The molecule has 2 aromatic heterocycles. The molecule has 10 nitrogen and oxygen atoms in total. The number of alkyl halides is 1. The summed E-state index contributed by atoms with van der Waals surface area (Å²) in [5.74, 6) is -0.699. The number of morpholine rings is 1. The van der Waals surface area contributed by atoms with Crippen molar-refractivity contribution in [3.63, 3.8) is 0 Å². The van der Waals surface area contributed by atoms with Crippen molar-refractivity contribution in [1.82, 2.24) is 19.5 Å². The van der Waals surface area contributed by atoms with Crippen LogP contribution in [0.2, 0.25) is 0 Å². The minimum absolute atomic E-state index is 0.0319. The van der Waals surface area contributed by atoms with E-state index >= 15 is 0 Å². The summed E-state index contributed by atoms with van der Waals surface area (Å²) in [7, 11) is 0. The highest BCUT2D eigenvalue weighted by atomic mass is 19.1. The zero-order valence-electron chi connectivity index (χ0n) is 19.0. The molecule has 2 amide bonds. The van der Waals surface area contributed by atoms with E-state index in [2.05, 4.69) is 20.3 Å². The second kappa shape index (κ2) is 8.90. The minimum atomic E-state index is -1.12. The molecule has 0 radical (unpaired) electrons. The number of anilines is 2. The van der Waals surface area contributed by atoms with Crippen molar-refractivity contribution < 1.29 is 23.5 Å². The Balaban J connectivity index is 1.31. The Morgan fingerprint density at radius 3 is 2.83 bits per heavy atom. The van der Waals surface area contributed by atoms with Gasteiger partial charge in [-0.1, -0.05) is 0 Å². The first kappa shape index (κ1) is 21.9. The van der Waals surface area contributed by atoms with E-state index in [0.717, 1.165) is 11.3 Å². The van der Waals surface area contributed by atoms with Crippen LogP contribution < -0.4 is 10.2 Å². The van der Waals surface area contributed by atoms with Gasteiger partial charge in [0.05, 0.1) is 50.5 Å². The summed E-state index contributed by atoms with van der Waals surface area (Å²) in [6.07, 6.45) is 3.69. The van der Waals surface area contributed by atoms with E-state index in [1.165, 1.54) is 15.6 Å². The lowest BCUT2D eigenvalue weighted by Crippen LogP contribution is -2.42. The zero-order valence-corrected chi connectivity index (χ0v) is 19.0. The molecular formula is C24H25FN6O4. The van der Waals surface area contributed by atoms with Gasteiger partial charge in [-0.15, -0.1) is 0 Å². The van der Waals surface area contributed by atoms with Gasteiger partial charge in [0.25, 0.3) is 11.8 Å². The lowest BCUT2D eigenvalue weighted by molar-refractivity contribution is -0.0726. The molecule has 35 heavy (non-hydrogen) atoms. The number of hydrogen-bond donors (Lipinski definition) is 1. The Labute approximate surface area is 200 Å². The van der Waals surface area contributed by atoms with E-state index in [0.29, 0.717) is 68.5 Å². The van der Waals surface area contributed by atoms with E-state index < -0.39 is 6.17 Å². The summed E-state index contributed by atoms with van der Waals surface area (Å²) < 4.78 is 26.8. The summed E-state index contributed by atoms with van der Waals surface area (Å²) in [5, 5.41) is 7.20. The summed E-state index contributed by atoms with van der Waals surface area (Å²) in [6.45, 7) is 3.48. The van der Waals surface area contributed by atoms with Crippen molar-refractivity contribution in [1.29, 1.82) is 0 Å². The number of aromatic nitrogens is 3. The Hall–Kier alpha value is -3.57. The highest BCUT2D eigenvalue weighted by molar-refractivity contribution is 6.10. The van der Waals surface area contributed by atoms with Gasteiger partial charge in [0, 0.05) is 43.5 Å². The average molecular weight is 481 g/mol.